The quantitative estimate of drug-likeness (QED) is 0.658. The molecule has 0 radical (unpaired) electrons. The summed E-state index contributed by atoms with van der Waals surface area (Å²) in [4.78, 5) is 13.0. The first kappa shape index (κ1) is 10.6. The highest BCUT2D eigenvalue weighted by Crippen LogP contribution is 2.27. The van der Waals surface area contributed by atoms with Crippen molar-refractivity contribution in [3.8, 4) is 0 Å². The standard InChI is InChI=1S/C11H21NO/c1-12(2)11(13)9-8-10-6-4-3-5-7-10/h10H,3-9H2,1-2H3. The van der Waals surface area contributed by atoms with Gasteiger partial charge in [0.25, 0.3) is 0 Å². The van der Waals surface area contributed by atoms with Crippen molar-refractivity contribution in [3.05, 3.63) is 0 Å². The molecule has 1 saturated carbocycles. The number of carbonyl (C=O) groups excluding carboxylic acids is 1. The maximum atomic E-state index is 11.3. The van der Waals surface area contributed by atoms with E-state index in [4.69, 9.17) is 0 Å². The monoisotopic (exact) mass is 183 g/mol. The van der Waals surface area contributed by atoms with E-state index in [1.807, 2.05) is 14.1 Å². The predicted molar refractivity (Wildman–Crippen MR) is 54.5 cm³/mol. The summed E-state index contributed by atoms with van der Waals surface area (Å²) < 4.78 is 0. The van der Waals surface area contributed by atoms with Crippen LogP contribution in [0.25, 0.3) is 0 Å². The van der Waals surface area contributed by atoms with Crippen molar-refractivity contribution in [2.45, 2.75) is 44.9 Å². The van der Waals surface area contributed by atoms with Gasteiger partial charge in [0, 0.05) is 20.5 Å². The number of hydrogen-bond donors (Lipinski definition) is 0. The minimum absolute atomic E-state index is 0.283. The molecular weight excluding hydrogens is 162 g/mol. The summed E-state index contributed by atoms with van der Waals surface area (Å²) in [5.41, 5.74) is 0. The zero-order chi connectivity index (χ0) is 9.68. The smallest absolute Gasteiger partial charge is 0.222 e. The molecule has 1 fully saturated rings. The molecule has 1 aliphatic rings. The van der Waals surface area contributed by atoms with Gasteiger partial charge in [0.05, 0.1) is 0 Å². The molecule has 0 aromatic carbocycles. The highest BCUT2D eigenvalue weighted by Gasteiger charge is 2.15. The summed E-state index contributed by atoms with van der Waals surface area (Å²) in [7, 11) is 3.67. The first-order valence-electron chi connectivity index (χ1n) is 5.40. The van der Waals surface area contributed by atoms with Crippen LogP contribution in [-0.4, -0.2) is 24.9 Å². The lowest BCUT2D eigenvalue weighted by Gasteiger charge is -2.21. The average Bonchev–Trinajstić information content (AvgIpc) is 2.15. The molecule has 0 unspecified atom stereocenters. The van der Waals surface area contributed by atoms with E-state index in [-0.39, 0.29) is 5.91 Å². The van der Waals surface area contributed by atoms with E-state index in [2.05, 4.69) is 0 Å². The molecule has 0 heterocycles. The van der Waals surface area contributed by atoms with Gasteiger partial charge in [0.1, 0.15) is 0 Å². The summed E-state index contributed by atoms with van der Waals surface area (Å²) in [5.74, 6) is 1.11. The first-order chi connectivity index (χ1) is 6.20. The van der Waals surface area contributed by atoms with Gasteiger partial charge >= 0.3 is 0 Å². The number of rotatable bonds is 3. The van der Waals surface area contributed by atoms with Crippen molar-refractivity contribution >= 4 is 5.91 Å². The lowest BCUT2D eigenvalue weighted by atomic mass is 9.86. The lowest BCUT2D eigenvalue weighted by Crippen LogP contribution is -2.22. The minimum atomic E-state index is 0.283. The summed E-state index contributed by atoms with van der Waals surface area (Å²) in [6.07, 6.45) is 8.70. The predicted octanol–water partition coefficient (Wildman–Crippen LogP) is 2.44. The third-order valence-electron chi connectivity index (χ3n) is 2.99. The molecule has 2 heteroatoms. The molecular formula is C11H21NO. The van der Waals surface area contributed by atoms with Crippen molar-refractivity contribution in [2.75, 3.05) is 14.1 Å². The van der Waals surface area contributed by atoms with Crippen LogP contribution in [0.5, 0.6) is 0 Å². The van der Waals surface area contributed by atoms with Crippen LogP contribution in [0.15, 0.2) is 0 Å². The summed E-state index contributed by atoms with van der Waals surface area (Å²) in [6.45, 7) is 0. The van der Waals surface area contributed by atoms with Crippen LogP contribution < -0.4 is 0 Å². The fourth-order valence-corrected chi connectivity index (χ4v) is 2.03. The number of carbonyl (C=O) groups is 1. The Labute approximate surface area is 81.3 Å². The van der Waals surface area contributed by atoms with Crippen molar-refractivity contribution in [1.29, 1.82) is 0 Å². The van der Waals surface area contributed by atoms with Crippen LogP contribution in [-0.2, 0) is 4.79 Å². The van der Waals surface area contributed by atoms with Gasteiger partial charge in [-0.1, -0.05) is 32.1 Å². The molecule has 13 heavy (non-hydrogen) atoms. The molecule has 0 aromatic rings. The molecule has 0 aromatic heterocycles. The third kappa shape index (κ3) is 3.79. The molecule has 0 spiro atoms. The normalized spacial score (nSPS) is 18.6. The molecule has 0 aliphatic heterocycles. The van der Waals surface area contributed by atoms with Crippen molar-refractivity contribution < 1.29 is 4.79 Å². The summed E-state index contributed by atoms with van der Waals surface area (Å²) >= 11 is 0. The van der Waals surface area contributed by atoms with Crippen LogP contribution in [0.4, 0.5) is 0 Å². The van der Waals surface area contributed by atoms with Crippen LogP contribution >= 0.6 is 0 Å². The van der Waals surface area contributed by atoms with E-state index < -0.39 is 0 Å². The van der Waals surface area contributed by atoms with E-state index in [1.165, 1.54) is 32.1 Å². The Morgan fingerprint density at radius 3 is 2.38 bits per heavy atom. The van der Waals surface area contributed by atoms with Gasteiger partial charge < -0.3 is 4.90 Å². The molecule has 1 rings (SSSR count). The van der Waals surface area contributed by atoms with Crippen molar-refractivity contribution in [2.24, 2.45) is 5.92 Å². The maximum absolute atomic E-state index is 11.3. The second-order valence-electron chi connectivity index (χ2n) is 4.33. The average molecular weight is 183 g/mol. The van der Waals surface area contributed by atoms with Crippen LogP contribution in [0, 0.1) is 5.92 Å². The fourth-order valence-electron chi connectivity index (χ4n) is 2.03. The zero-order valence-corrected chi connectivity index (χ0v) is 8.88. The van der Waals surface area contributed by atoms with Gasteiger partial charge in [0.2, 0.25) is 5.91 Å². The molecule has 0 saturated heterocycles. The van der Waals surface area contributed by atoms with E-state index in [9.17, 15) is 4.79 Å². The summed E-state index contributed by atoms with van der Waals surface area (Å²) in [6, 6.07) is 0. The van der Waals surface area contributed by atoms with Gasteiger partial charge in [-0.3, -0.25) is 4.79 Å². The van der Waals surface area contributed by atoms with E-state index in [0.717, 1.165) is 18.8 Å². The Morgan fingerprint density at radius 2 is 1.85 bits per heavy atom. The first-order valence-corrected chi connectivity index (χ1v) is 5.40. The zero-order valence-electron chi connectivity index (χ0n) is 8.88. The Bertz CT molecular complexity index is 159. The Hall–Kier alpha value is -0.530. The SMILES string of the molecule is CN(C)C(=O)CCC1CCCCC1. The Kier molecular flexibility index (Phi) is 4.26. The number of hydrogen-bond acceptors (Lipinski definition) is 1. The van der Waals surface area contributed by atoms with Gasteiger partial charge in [-0.25, -0.2) is 0 Å². The Morgan fingerprint density at radius 1 is 1.23 bits per heavy atom. The van der Waals surface area contributed by atoms with E-state index >= 15 is 0 Å². The second-order valence-corrected chi connectivity index (χ2v) is 4.33. The highest BCUT2D eigenvalue weighted by atomic mass is 16.2. The third-order valence-corrected chi connectivity index (χ3v) is 2.99. The molecule has 2 nitrogen and oxygen atoms in total. The summed E-state index contributed by atoms with van der Waals surface area (Å²) in [5, 5.41) is 0. The van der Waals surface area contributed by atoms with Crippen LogP contribution in [0.3, 0.4) is 0 Å². The van der Waals surface area contributed by atoms with Crippen molar-refractivity contribution in [1.82, 2.24) is 4.90 Å². The molecule has 0 bridgehead atoms. The topological polar surface area (TPSA) is 20.3 Å². The van der Waals surface area contributed by atoms with Crippen molar-refractivity contribution in [3.63, 3.8) is 0 Å². The number of amides is 1. The van der Waals surface area contributed by atoms with Gasteiger partial charge in [-0.2, -0.15) is 0 Å². The second kappa shape index (κ2) is 5.25. The molecule has 0 N–H and O–H groups in total. The van der Waals surface area contributed by atoms with Gasteiger partial charge in [0.15, 0.2) is 0 Å². The number of nitrogens with zero attached hydrogens (tertiary/aromatic N) is 1. The lowest BCUT2D eigenvalue weighted by molar-refractivity contribution is -0.129. The largest absolute Gasteiger partial charge is 0.349 e. The van der Waals surface area contributed by atoms with Crippen LogP contribution in [0.2, 0.25) is 0 Å². The molecule has 76 valence electrons. The van der Waals surface area contributed by atoms with Gasteiger partial charge in [-0.15, -0.1) is 0 Å². The molecule has 0 atom stereocenters. The van der Waals surface area contributed by atoms with Gasteiger partial charge in [-0.05, 0) is 12.3 Å². The molecule has 1 amide bonds. The maximum Gasteiger partial charge on any atom is 0.222 e. The highest BCUT2D eigenvalue weighted by molar-refractivity contribution is 5.75. The molecule has 1 aliphatic carbocycles. The van der Waals surface area contributed by atoms with E-state index in [1.54, 1.807) is 4.90 Å². The Balaban J connectivity index is 2.13. The van der Waals surface area contributed by atoms with Crippen LogP contribution in [0.1, 0.15) is 44.9 Å². The fraction of sp³-hybridized carbons (Fsp3) is 0.909. The van der Waals surface area contributed by atoms with E-state index in [0.29, 0.717) is 0 Å². The minimum Gasteiger partial charge on any atom is -0.349 e.